The summed E-state index contributed by atoms with van der Waals surface area (Å²) < 4.78 is 6.81. The molecule has 0 radical (unpaired) electrons. The van der Waals surface area contributed by atoms with Gasteiger partial charge in [-0.15, -0.1) is 0 Å². The number of hydrogen-bond donors (Lipinski definition) is 1. The van der Waals surface area contributed by atoms with E-state index < -0.39 is 0 Å². The van der Waals surface area contributed by atoms with Crippen LogP contribution in [-0.4, -0.2) is 25.6 Å². The van der Waals surface area contributed by atoms with Crippen LogP contribution in [0.5, 0.6) is 0 Å². The minimum absolute atomic E-state index is 0.254. The molecule has 4 aromatic rings. The van der Waals surface area contributed by atoms with Gasteiger partial charge in [-0.3, -0.25) is 4.79 Å². The maximum absolute atomic E-state index is 12.3. The molecule has 0 bridgehead atoms. The van der Waals surface area contributed by atoms with Gasteiger partial charge in [0.15, 0.2) is 11.4 Å². The van der Waals surface area contributed by atoms with Gasteiger partial charge in [-0.1, -0.05) is 28.9 Å². The number of nitrogens with one attached hydrogen (secondary N) is 1. The number of pyridine rings is 1. The average Bonchev–Trinajstić information content (AvgIpc) is 3.28. The topological polar surface area (TPSA) is 85.8 Å². The molecule has 130 valence electrons. The van der Waals surface area contributed by atoms with Crippen molar-refractivity contribution in [3.63, 3.8) is 0 Å². The number of imidazole rings is 1. The lowest BCUT2D eigenvalue weighted by Gasteiger charge is -2.04. The largest absolute Gasteiger partial charge is 0.360 e. The van der Waals surface area contributed by atoms with E-state index in [-0.39, 0.29) is 12.5 Å². The average molecular weight is 368 g/mol. The van der Waals surface area contributed by atoms with E-state index in [9.17, 15) is 4.79 Å². The number of nitrogens with zero attached hydrogens (tertiary/aromatic N) is 4. The summed E-state index contributed by atoms with van der Waals surface area (Å²) in [4.78, 5) is 21.3. The standard InChI is InChI=1S/C18H14ClN5O2/c1-24-16(13-4-2-3-5-14(13)19)23-15-8-11(9-20-17(15)24)18(25)21-10-12-6-7-22-26-12/h2-9H,10H2,1H3,(H,21,25). The van der Waals surface area contributed by atoms with Gasteiger partial charge in [0.05, 0.1) is 23.3 Å². The van der Waals surface area contributed by atoms with E-state index in [2.05, 4.69) is 20.4 Å². The van der Waals surface area contributed by atoms with E-state index in [1.807, 2.05) is 35.9 Å². The summed E-state index contributed by atoms with van der Waals surface area (Å²) in [5, 5.41) is 6.97. The summed E-state index contributed by atoms with van der Waals surface area (Å²) in [5.74, 6) is 1.00. The van der Waals surface area contributed by atoms with Crippen LogP contribution in [0.3, 0.4) is 0 Å². The molecule has 26 heavy (non-hydrogen) atoms. The zero-order valence-corrected chi connectivity index (χ0v) is 14.6. The van der Waals surface area contributed by atoms with E-state index in [0.717, 1.165) is 5.56 Å². The van der Waals surface area contributed by atoms with Gasteiger partial charge in [-0.2, -0.15) is 0 Å². The van der Waals surface area contributed by atoms with Crippen molar-refractivity contribution in [2.45, 2.75) is 6.54 Å². The van der Waals surface area contributed by atoms with E-state index in [0.29, 0.717) is 33.3 Å². The Morgan fingerprint density at radius 3 is 2.92 bits per heavy atom. The fourth-order valence-corrected chi connectivity index (χ4v) is 2.91. The lowest BCUT2D eigenvalue weighted by Crippen LogP contribution is -2.22. The maximum atomic E-state index is 12.3. The first kappa shape index (κ1) is 16.3. The third kappa shape index (κ3) is 2.93. The van der Waals surface area contributed by atoms with Crippen molar-refractivity contribution in [2.75, 3.05) is 0 Å². The second-order valence-electron chi connectivity index (χ2n) is 5.70. The van der Waals surface area contributed by atoms with Crippen LogP contribution in [0.25, 0.3) is 22.6 Å². The van der Waals surface area contributed by atoms with Crippen LogP contribution in [0.15, 0.2) is 53.3 Å². The first-order valence-electron chi connectivity index (χ1n) is 7.88. The van der Waals surface area contributed by atoms with Gasteiger partial charge in [-0.25, -0.2) is 9.97 Å². The van der Waals surface area contributed by atoms with Gasteiger partial charge in [0.1, 0.15) is 11.3 Å². The molecule has 3 aromatic heterocycles. The summed E-state index contributed by atoms with van der Waals surface area (Å²) in [6.45, 7) is 0.254. The molecule has 1 aromatic carbocycles. The van der Waals surface area contributed by atoms with Gasteiger partial charge in [-0.05, 0) is 18.2 Å². The maximum Gasteiger partial charge on any atom is 0.253 e. The second-order valence-corrected chi connectivity index (χ2v) is 6.11. The molecule has 0 aliphatic rings. The van der Waals surface area contributed by atoms with Crippen molar-refractivity contribution in [1.29, 1.82) is 0 Å². The minimum Gasteiger partial charge on any atom is -0.360 e. The Kier molecular flexibility index (Phi) is 4.14. The number of aryl methyl sites for hydroxylation is 1. The van der Waals surface area contributed by atoms with Crippen LogP contribution in [-0.2, 0) is 13.6 Å². The number of aromatic nitrogens is 4. The Hall–Kier alpha value is -3.19. The molecule has 0 fully saturated rings. The minimum atomic E-state index is -0.263. The first-order valence-corrected chi connectivity index (χ1v) is 8.26. The zero-order chi connectivity index (χ0) is 18.1. The van der Waals surface area contributed by atoms with Crippen LogP contribution >= 0.6 is 11.6 Å². The van der Waals surface area contributed by atoms with Gasteiger partial charge in [0.25, 0.3) is 5.91 Å². The zero-order valence-electron chi connectivity index (χ0n) is 13.8. The lowest BCUT2D eigenvalue weighted by atomic mass is 10.2. The van der Waals surface area contributed by atoms with E-state index in [1.165, 1.54) is 12.4 Å². The van der Waals surface area contributed by atoms with E-state index in [1.54, 1.807) is 12.1 Å². The fraction of sp³-hybridized carbons (Fsp3) is 0.111. The smallest absolute Gasteiger partial charge is 0.253 e. The van der Waals surface area contributed by atoms with Crippen molar-refractivity contribution in [3.8, 4) is 11.4 Å². The van der Waals surface area contributed by atoms with Crippen molar-refractivity contribution >= 4 is 28.7 Å². The highest BCUT2D eigenvalue weighted by Crippen LogP contribution is 2.28. The highest BCUT2D eigenvalue weighted by atomic mass is 35.5. The molecule has 3 heterocycles. The molecule has 0 spiro atoms. The number of amides is 1. The number of rotatable bonds is 4. The fourth-order valence-electron chi connectivity index (χ4n) is 2.69. The molecule has 4 rings (SSSR count). The second kappa shape index (κ2) is 6.61. The highest BCUT2D eigenvalue weighted by Gasteiger charge is 2.15. The molecule has 0 aliphatic carbocycles. The SMILES string of the molecule is Cn1c(-c2ccccc2Cl)nc2cc(C(=O)NCc3ccno3)cnc21. The highest BCUT2D eigenvalue weighted by molar-refractivity contribution is 6.33. The van der Waals surface area contributed by atoms with Crippen LogP contribution in [0.2, 0.25) is 5.02 Å². The third-order valence-electron chi connectivity index (χ3n) is 4.00. The molecule has 1 N–H and O–H groups in total. The number of fused-ring (bicyclic) bond motifs is 1. The van der Waals surface area contributed by atoms with Gasteiger partial charge >= 0.3 is 0 Å². The van der Waals surface area contributed by atoms with Gasteiger partial charge in [0.2, 0.25) is 0 Å². The summed E-state index contributed by atoms with van der Waals surface area (Å²) in [6, 6.07) is 10.9. The Balaban J connectivity index is 1.65. The molecule has 0 saturated carbocycles. The third-order valence-corrected chi connectivity index (χ3v) is 4.33. The quantitative estimate of drug-likeness (QED) is 0.598. The van der Waals surface area contributed by atoms with Gasteiger partial charge in [0, 0.05) is 24.9 Å². The molecular formula is C18H14ClN5O2. The molecule has 0 saturated heterocycles. The predicted octanol–water partition coefficient (Wildman–Crippen LogP) is 3.21. The number of benzene rings is 1. The Morgan fingerprint density at radius 2 is 2.15 bits per heavy atom. The molecule has 8 heteroatoms. The molecule has 1 amide bonds. The van der Waals surface area contributed by atoms with Gasteiger partial charge < -0.3 is 14.4 Å². The number of carbonyl (C=O) groups is 1. The summed E-state index contributed by atoms with van der Waals surface area (Å²) in [5.41, 5.74) is 2.52. The van der Waals surface area contributed by atoms with Crippen LogP contribution in [0.4, 0.5) is 0 Å². The van der Waals surface area contributed by atoms with Crippen LogP contribution in [0, 0.1) is 0 Å². The van der Waals surface area contributed by atoms with E-state index in [4.69, 9.17) is 16.1 Å². The summed E-state index contributed by atoms with van der Waals surface area (Å²) in [6.07, 6.45) is 3.05. The Morgan fingerprint density at radius 1 is 1.31 bits per heavy atom. The Labute approximate surface area is 153 Å². The van der Waals surface area contributed by atoms with Crippen molar-refractivity contribution in [3.05, 3.63) is 65.1 Å². The Bertz CT molecular complexity index is 1090. The van der Waals surface area contributed by atoms with Crippen LogP contribution in [0.1, 0.15) is 16.1 Å². The number of carbonyl (C=O) groups excluding carboxylic acids is 1. The number of halogens is 1. The summed E-state index contributed by atoms with van der Waals surface area (Å²) in [7, 11) is 1.87. The lowest BCUT2D eigenvalue weighted by molar-refractivity contribution is 0.0947. The van der Waals surface area contributed by atoms with Crippen molar-refractivity contribution in [1.82, 2.24) is 25.0 Å². The molecule has 0 atom stereocenters. The molecule has 0 aliphatic heterocycles. The molecule has 0 unspecified atom stereocenters. The monoisotopic (exact) mass is 367 g/mol. The van der Waals surface area contributed by atoms with Crippen molar-refractivity contribution < 1.29 is 9.32 Å². The van der Waals surface area contributed by atoms with E-state index >= 15 is 0 Å². The van der Waals surface area contributed by atoms with Crippen LogP contribution < -0.4 is 5.32 Å². The first-order chi connectivity index (χ1) is 12.6. The summed E-state index contributed by atoms with van der Waals surface area (Å²) >= 11 is 6.28. The van der Waals surface area contributed by atoms with Crippen molar-refractivity contribution in [2.24, 2.45) is 7.05 Å². The molecular weight excluding hydrogens is 354 g/mol. The normalized spacial score (nSPS) is 11.0. The number of hydrogen-bond acceptors (Lipinski definition) is 5. The predicted molar refractivity (Wildman–Crippen MR) is 96.6 cm³/mol. The molecule has 7 nitrogen and oxygen atoms in total.